The van der Waals surface area contributed by atoms with Gasteiger partial charge in [-0.2, -0.15) is 0 Å². The first kappa shape index (κ1) is 12.6. The van der Waals surface area contributed by atoms with Crippen molar-refractivity contribution in [3.05, 3.63) is 48.0 Å². The molecule has 0 saturated heterocycles. The average molecular weight is 269 g/mol. The van der Waals surface area contributed by atoms with Crippen molar-refractivity contribution in [3.8, 4) is 0 Å². The lowest BCUT2D eigenvalue weighted by molar-refractivity contribution is 0.415. The lowest BCUT2D eigenvalue weighted by atomic mass is 9.95. The molecule has 2 heteroatoms. The Labute approximate surface area is 120 Å². The van der Waals surface area contributed by atoms with E-state index in [1.165, 1.54) is 48.4 Å². The molecular weight excluding hydrogens is 250 g/mol. The summed E-state index contributed by atoms with van der Waals surface area (Å²) in [6.07, 6.45) is 6.54. The molecule has 1 aliphatic rings. The highest BCUT2D eigenvalue weighted by Crippen LogP contribution is 2.21. The summed E-state index contributed by atoms with van der Waals surface area (Å²) in [4.78, 5) is 0.906. The minimum absolute atomic E-state index is 0.570. The van der Waals surface area contributed by atoms with Crippen LogP contribution >= 0.6 is 12.2 Å². The number of rotatable bonds is 2. The van der Waals surface area contributed by atoms with Crippen molar-refractivity contribution in [1.82, 2.24) is 5.32 Å². The Bertz CT molecular complexity index is 579. The van der Waals surface area contributed by atoms with E-state index in [0.717, 1.165) is 4.99 Å². The van der Waals surface area contributed by atoms with Crippen molar-refractivity contribution in [2.24, 2.45) is 0 Å². The third kappa shape index (κ3) is 2.79. The van der Waals surface area contributed by atoms with Crippen LogP contribution in [0.3, 0.4) is 0 Å². The molecule has 1 N–H and O–H groups in total. The fourth-order valence-electron chi connectivity index (χ4n) is 2.93. The van der Waals surface area contributed by atoms with Crippen LogP contribution in [0.5, 0.6) is 0 Å². The summed E-state index contributed by atoms with van der Waals surface area (Å²) in [6, 6.07) is 15.4. The van der Waals surface area contributed by atoms with Crippen molar-refractivity contribution in [3.63, 3.8) is 0 Å². The number of thiocarbonyl (C=S) groups is 1. The second-order valence-corrected chi connectivity index (χ2v) is 5.74. The third-order valence-electron chi connectivity index (χ3n) is 3.97. The molecule has 0 heterocycles. The summed E-state index contributed by atoms with van der Waals surface area (Å²) >= 11 is 5.62. The van der Waals surface area contributed by atoms with Gasteiger partial charge in [-0.3, -0.25) is 0 Å². The Hall–Kier alpha value is -1.41. The molecule has 0 aromatic heterocycles. The van der Waals surface area contributed by atoms with Gasteiger partial charge in [0.05, 0.1) is 0 Å². The van der Waals surface area contributed by atoms with Gasteiger partial charge in [0.1, 0.15) is 4.99 Å². The standard InChI is InChI=1S/C17H19NS/c19-17(18-14-9-2-1-3-10-14)16-12-6-8-13-7-4-5-11-15(13)16/h4-8,11-12,14H,1-3,9-10H2,(H,18,19). The van der Waals surface area contributed by atoms with Crippen molar-refractivity contribution in [2.75, 3.05) is 0 Å². The lowest BCUT2D eigenvalue weighted by Gasteiger charge is -2.24. The van der Waals surface area contributed by atoms with Crippen LogP contribution in [0.1, 0.15) is 37.7 Å². The normalized spacial score (nSPS) is 16.4. The third-order valence-corrected chi connectivity index (χ3v) is 4.31. The van der Waals surface area contributed by atoms with E-state index in [-0.39, 0.29) is 0 Å². The van der Waals surface area contributed by atoms with Crippen molar-refractivity contribution in [2.45, 2.75) is 38.1 Å². The summed E-state index contributed by atoms with van der Waals surface area (Å²) in [5.41, 5.74) is 1.17. The Morgan fingerprint density at radius 3 is 2.53 bits per heavy atom. The predicted molar refractivity (Wildman–Crippen MR) is 85.7 cm³/mol. The first-order valence-electron chi connectivity index (χ1n) is 7.13. The van der Waals surface area contributed by atoms with Crippen LogP contribution in [0.2, 0.25) is 0 Å². The molecule has 0 atom stereocenters. The topological polar surface area (TPSA) is 12.0 Å². The van der Waals surface area contributed by atoms with Crippen molar-refractivity contribution < 1.29 is 0 Å². The van der Waals surface area contributed by atoms with Crippen LogP contribution in [0.15, 0.2) is 42.5 Å². The van der Waals surface area contributed by atoms with E-state index in [1.807, 2.05) is 0 Å². The smallest absolute Gasteiger partial charge is 0.107 e. The largest absolute Gasteiger partial charge is 0.373 e. The number of nitrogens with one attached hydrogen (secondary N) is 1. The molecule has 3 rings (SSSR count). The van der Waals surface area contributed by atoms with E-state index in [1.54, 1.807) is 0 Å². The summed E-state index contributed by atoms with van der Waals surface area (Å²) in [5, 5.41) is 6.06. The van der Waals surface area contributed by atoms with E-state index in [9.17, 15) is 0 Å². The minimum atomic E-state index is 0.570. The Kier molecular flexibility index (Phi) is 3.79. The first-order valence-corrected chi connectivity index (χ1v) is 7.54. The Morgan fingerprint density at radius 1 is 0.947 bits per heavy atom. The highest BCUT2D eigenvalue weighted by molar-refractivity contribution is 7.80. The fraction of sp³-hybridized carbons (Fsp3) is 0.353. The fourth-order valence-corrected chi connectivity index (χ4v) is 3.28. The SMILES string of the molecule is S=C(NC1CCCCC1)c1cccc2ccccc12. The first-order chi connectivity index (χ1) is 9.34. The van der Waals surface area contributed by atoms with E-state index in [0.29, 0.717) is 6.04 Å². The molecule has 1 aliphatic carbocycles. The maximum absolute atomic E-state index is 5.62. The Balaban J connectivity index is 1.85. The monoisotopic (exact) mass is 269 g/mol. The molecule has 1 fully saturated rings. The number of hydrogen-bond donors (Lipinski definition) is 1. The van der Waals surface area contributed by atoms with Crippen LogP contribution in [0.4, 0.5) is 0 Å². The molecule has 0 spiro atoms. The summed E-state index contributed by atoms with van der Waals surface area (Å²) in [5.74, 6) is 0. The quantitative estimate of drug-likeness (QED) is 0.809. The molecule has 0 bridgehead atoms. The molecular formula is C17H19NS. The van der Waals surface area contributed by atoms with Gasteiger partial charge in [0.25, 0.3) is 0 Å². The van der Waals surface area contributed by atoms with Crippen LogP contribution in [0.25, 0.3) is 10.8 Å². The second kappa shape index (κ2) is 5.70. The van der Waals surface area contributed by atoms with Gasteiger partial charge < -0.3 is 5.32 Å². The highest BCUT2D eigenvalue weighted by Gasteiger charge is 2.15. The number of hydrogen-bond acceptors (Lipinski definition) is 1. The van der Waals surface area contributed by atoms with E-state index >= 15 is 0 Å². The van der Waals surface area contributed by atoms with Crippen molar-refractivity contribution >= 4 is 28.0 Å². The van der Waals surface area contributed by atoms with Crippen molar-refractivity contribution in [1.29, 1.82) is 0 Å². The van der Waals surface area contributed by atoms with Gasteiger partial charge in [0.15, 0.2) is 0 Å². The predicted octanol–water partition coefficient (Wildman–Crippen LogP) is 4.44. The molecule has 0 amide bonds. The van der Waals surface area contributed by atoms with E-state index in [4.69, 9.17) is 12.2 Å². The lowest BCUT2D eigenvalue weighted by Crippen LogP contribution is -2.35. The molecule has 0 aliphatic heterocycles. The maximum atomic E-state index is 5.62. The summed E-state index contributed by atoms with van der Waals surface area (Å²) < 4.78 is 0. The van der Waals surface area contributed by atoms with Gasteiger partial charge in [-0.1, -0.05) is 73.9 Å². The molecule has 19 heavy (non-hydrogen) atoms. The number of benzene rings is 2. The molecule has 0 radical (unpaired) electrons. The summed E-state index contributed by atoms with van der Waals surface area (Å²) in [7, 11) is 0. The Morgan fingerprint density at radius 2 is 1.68 bits per heavy atom. The second-order valence-electron chi connectivity index (χ2n) is 5.34. The van der Waals surface area contributed by atoms with Gasteiger partial charge in [-0.25, -0.2) is 0 Å². The zero-order valence-electron chi connectivity index (χ0n) is 11.1. The van der Waals surface area contributed by atoms with Gasteiger partial charge in [0, 0.05) is 11.6 Å². The van der Waals surface area contributed by atoms with Crippen LogP contribution in [0, 0.1) is 0 Å². The summed E-state index contributed by atoms with van der Waals surface area (Å²) in [6.45, 7) is 0. The molecule has 2 aromatic carbocycles. The molecule has 98 valence electrons. The van der Waals surface area contributed by atoms with Crippen LogP contribution in [-0.4, -0.2) is 11.0 Å². The van der Waals surface area contributed by atoms with Crippen LogP contribution in [-0.2, 0) is 0 Å². The minimum Gasteiger partial charge on any atom is -0.373 e. The molecule has 0 unspecified atom stereocenters. The zero-order chi connectivity index (χ0) is 13.1. The highest BCUT2D eigenvalue weighted by atomic mass is 32.1. The zero-order valence-corrected chi connectivity index (χ0v) is 11.9. The van der Waals surface area contributed by atoms with Gasteiger partial charge in [-0.15, -0.1) is 0 Å². The van der Waals surface area contributed by atoms with Crippen LogP contribution < -0.4 is 5.32 Å². The molecule has 2 aromatic rings. The number of fused-ring (bicyclic) bond motifs is 1. The van der Waals surface area contributed by atoms with Gasteiger partial charge >= 0.3 is 0 Å². The molecule has 1 nitrogen and oxygen atoms in total. The van der Waals surface area contributed by atoms with E-state index in [2.05, 4.69) is 47.8 Å². The maximum Gasteiger partial charge on any atom is 0.107 e. The van der Waals surface area contributed by atoms with Gasteiger partial charge in [-0.05, 0) is 23.6 Å². The molecule has 1 saturated carbocycles. The van der Waals surface area contributed by atoms with Gasteiger partial charge in [0.2, 0.25) is 0 Å². The van der Waals surface area contributed by atoms with E-state index < -0.39 is 0 Å². The average Bonchev–Trinajstić information content (AvgIpc) is 2.47.